The molecule has 0 aliphatic carbocycles. The molecule has 0 aliphatic heterocycles. The summed E-state index contributed by atoms with van der Waals surface area (Å²) in [5.41, 5.74) is 13.2. The van der Waals surface area contributed by atoms with Crippen LogP contribution in [0.3, 0.4) is 0 Å². The van der Waals surface area contributed by atoms with E-state index in [-0.39, 0.29) is 5.41 Å². The summed E-state index contributed by atoms with van der Waals surface area (Å²) < 4.78 is 0. The Morgan fingerprint density at radius 3 is 2.50 bits per heavy atom. The maximum atomic E-state index is 11.1. The van der Waals surface area contributed by atoms with Crippen LogP contribution in [0.5, 0.6) is 0 Å². The number of benzene rings is 1. The van der Waals surface area contributed by atoms with Gasteiger partial charge in [-0.05, 0) is 29.5 Å². The summed E-state index contributed by atoms with van der Waals surface area (Å²) in [5, 5.41) is 3.28. The zero-order chi connectivity index (χ0) is 13.9. The molecule has 5 N–H and O–H groups in total. The average molecular weight is 249 g/mol. The van der Waals surface area contributed by atoms with E-state index in [2.05, 4.69) is 33.0 Å². The minimum atomic E-state index is -0.443. The van der Waals surface area contributed by atoms with Gasteiger partial charge in [-0.1, -0.05) is 27.7 Å². The molecule has 0 saturated carbocycles. The number of carbonyl (C=O) groups excluding carboxylic acids is 1. The molecule has 0 bridgehead atoms. The lowest BCUT2D eigenvalue weighted by molar-refractivity contribution is 0.100. The van der Waals surface area contributed by atoms with Crippen molar-refractivity contribution in [3.63, 3.8) is 0 Å². The Kier molecular flexibility index (Phi) is 4.22. The number of primary amides is 1. The summed E-state index contributed by atoms with van der Waals surface area (Å²) >= 11 is 0. The molecule has 4 heteroatoms. The van der Waals surface area contributed by atoms with Crippen LogP contribution in [-0.2, 0) is 0 Å². The molecule has 0 aliphatic rings. The fourth-order valence-electron chi connectivity index (χ4n) is 1.43. The summed E-state index contributed by atoms with van der Waals surface area (Å²) in [6.07, 6.45) is 0. The van der Waals surface area contributed by atoms with E-state index in [1.165, 1.54) is 0 Å². The fourth-order valence-corrected chi connectivity index (χ4v) is 1.43. The molecule has 1 rings (SSSR count). The van der Waals surface area contributed by atoms with Crippen molar-refractivity contribution in [2.75, 3.05) is 17.6 Å². The predicted octanol–water partition coefficient (Wildman–Crippen LogP) is 2.46. The zero-order valence-electron chi connectivity index (χ0n) is 11.6. The summed E-state index contributed by atoms with van der Waals surface area (Å²) in [7, 11) is 0. The summed E-state index contributed by atoms with van der Waals surface area (Å²) in [6, 6.07) is 5.03. The van der Waals surface area contributed by atoms with Gasteiger partial charge < -0.3 is 16.8 Å². The van der Waals surface area contributed by atoms with E-state index in [9.17, 15) is 4.79 Å². The van der Waals surface area contributed by atoms with Gasteiger partial charge in [-0.2, -0.15) is 0 Å². The van der Waals surface area contributed by atoms with E-state index in [0.717, 1.165) is 12.2 Å². The van der Waals surface area contributed by atoms with Gasteiger partial charge in [0.1, 0.15) is 0 Å². The molecule has 0 heterocycles. The molecule has 0 aromatic heterocycles. The SMILES string of the molecule is CC(CNc1cc(C(N)=O)ccc1N)C(C)(C)C. The molecule has 1 amide bonds. The number of nitrogens with two attached hydrogens (primary N) is 2. The summed E-state index contributed by atoms with van der Waals surface area (Å²) in [5.74, 6) is 0.0380. The van der Waals surface area contributed by atoms with Gasteiger partial charge in [0, 0.05) is 12.1 Å². The predicted molar refractivity (Wildman–Crippen MR) is 76.5 cm³/mol. The Morgan fingerprint density at radius 1 is 1.39 bits per heavy atom. The zero-order valence-corrected chi connectivity index (χ0v) is 11.6. The number of hydrogen-bond acceptors (Lipinski definition) is 3. The molecule has 4 nitrogen and oxygen atoms in total. The van der Waals surface area contributed by atoms with Gasteiger partial charge in [0.05, 0.1) is 11.4 Å². The molecule has 0 spiro atoms. The molecule has 1 aromatic carbocycles. The van der Waals surface area contributed by atoms with Gasteiger partial charge in [0.2, 0.25) is 5.91 Å². The quantitative estimate of drug-likeness (QED) is 0.717. The number of rotatable bonds is 4. The summed E-state index contributed by atoms with van der Waals surface area (Å²) in [6.45, 7) is 9.57. The first kappa shape index (κ1) is 14.4. The minimum Gasteiger partial charge on any atom is -0.397 e. The molecule has 0 fully saturated rings. The van der Waals surface area contributed by atoms with Crippen LogP contribution in [-0.4, -0.2) is 12.5 Å². The van der Waals surface area contributed by atoms with E-state index >= 15 is 0 Å². The largest absolute Gasteiger partial charge is 0.397 e. The normalized spacial score (nSPS) is 13.1. The average Bonchev–Trinajstić information content (AvgIpc) is 2.25. The van der Waals surface area contributed by atoms with Crippen LogP contribution in [0.15, 0.2) is 18.2 Å². The fraction of sp³-hybridized carbons (Fsp3) is 0.500. The molecular formula is C14H23N3O. The van der Waals surface area contributed by atoms with Crippen LogP contribution in [0.2, 0.25) is 0 Å². The van der Waals surface area contributed by atoms with E-state index in [1.807, 2.05) is 0 Å². The Bertz CT molecular complexity index is 435. The monoisotopic (exact) mass is 249 g/mol. The van der Waals surface area contributed by atoms with Gasteiger partial charge in [0.15, 0.2) is 0 Å². The van der Waals surface area contributed by atoms with Crippen molar-refractivity contribution >= 4 is 17.3 Å². The number of nitrogen functional groups attached to an aromatic ring is 1. The molecule has 100 valence electrons. The maximum absolute atomic E-state index is 11.1. The molecule has 0 radical (unpaired) electrons. The Labute approximate surface area is 109 Å². The van der Waals surface area contributed by atoms with E-state index in [1.54, 1.807) is 18.2 Å². The number of anilines is 2. The van der Waals surface area contributed by atoms with Crippen molar-refractivity contribution in [1.29, 1.82) is 0 Å². The lowest BCUT2D eigenvalue weighted by atomic mass is 9.82. The van der Waals surface area contributed by atoms with Crippen LogP contribution >= 0.6 is 0 Å². The van der Waals surface area contributed by atoms with E-state index in [0.29, 0.717) is 17.2 Å². The lowest BCUT2D eigenvalue weighted by Crippen LogP contribution is -2.25. The topological polar surface area (TPSA) is 81.1 Å². The van der Waals surface area contributed by atoms with Gasteiger partial charge in [-0.15, -0.1) is 0 Å². The standard InChI is InChI=1S/C14H23N3O/c1-9(14(2,3)4)8-17-12-7-10(13(16)18)5-6-11(12)15/h5-7,9,17H,8,15H2,1-4H3,(H2,16,18). The third-order valence-electron chi connectivity index (χ3n) is 3.41. The van der Waals surface area contributed by atoms with Crippen molar-refractivity contribution in [1.82, 2.24) is 0 Å². The van der Waals surface area contributed by atoms with Crippen LogP contribution in [0.1, 0.15) is 38.1 Å². The highest BCUT2D eigenvalue weighted by atomic mass is 16.1. The van der Waals surface area contributed by atoms with Crippen molar-refractivity contribution in [2.24, 2.45) is 17.1 Å². The van der Waals surface area contributed by atoms with Gasteiger partial charge in [-0.25, -0.2) is 0 Å². The number of nitrogens with one attached hydrogen (secondary N) is 1. The molecule has 1 unspecified atom stereocenters. The first-order chi connectivity index (χ1) is 8.21. The Hall–Kier alpha value is -1.71. The van der Waals surface area contributed by atoms with Crippen molar-refractivity contribution < 1.29 is 4.79 Å². The van der Waals surface area contributed by atoms with Crippen LogP contribution < -0.4 is 16.8 Å². The number of carbonyl (C=O) groups is 1. The van der Waals surface area contributed by atoms with Crippen molar-refractivity contribution in [3.8, 4) is 0 Å². The van der Waals surface area contributed by atoms with Crippen molar-refractivity contribution in [3.05, 3.63) is 23.8 Å². The van der Waals surface area contributed by atoms with Crippen LogP contribution in [0.25, 0.3) is 0 Å². The minimum absolute atomic E-state index is 0.225. The van der Waals surface area contributed by atoms with E-state index in [4.69, 9.17) is 11.5 Å². The first-order valence-corrected chi connectivity index (χ1v) is 6.15. The first-order valence-electron chi connectivity index (χ1n) is 6.15. The third-order valence-corrected chi connectivity index (χ3v) is 3.41. The summed E-state index contributed by atoms with van der Waals surface area (Å²) in [4.78, 5) is 11.1. The molecule has 0 saturated heterocycles. The van der Waals surface area contributed by atoms with Gasteiger partial charge in [0.25, 0.3) is 0 Å². The highest BCUT2D eigenvalue weighted by molar-refractivity contribution is 5.94. The molecule has 1 atom stereocenters. The van der Waals surface area contributed by atoms with E-state index < -0.39 is 5.91 Å². The highest BCUT2D eigenvalue weighted by Gasteiger charge is 2.19. The van der Waals surface area contributed by atoms with Crippen molar-refractivity contribution in [2.45, 2.75) is 27.7 Å². The van der Waals surface area contributed by atoms with Gasteiger partial charge >= 0.3 is 0 Å². The Morgan fingerprint density at radius 2 is 2.00 bits per heavy atom. The maximum Gasteiger partial charge on any atom is 0.248 e. The smallest absolute Gasteiger partial charge is 0.248 e. The molecule has 18 heavy (non-hydrogen) atoms. The lowest BCUT2D eigenvalue weighted by Gasteiger charge is -2.28. The second-order valence-corrected chi connectivity index (χ2v) is 5.81. The Balaban J connectivity index is 2.78. The highest BCUT2D eigenvalue weighted by Crippen LogP contribution is 2.27. The second kappa shape index (κ2) is 5.29. The molecular weight excluding hydrogens is 226 g/mol. The van der Waals surface area contributed by atoms with Gasteiger partial charge in [-0.3, -0.25) is 4.79 Å². The van der Waals surface area contributed by atoms with Crippen LogP contribution in [0, 0.1) is 11.3 Å². The molecule has 1 aromatic rings. The number of amides is 1. The third kappa shape index (κ3) is 3.65. The van der Waals surface area contributed by atoms with Crippen LogP contribution in [0.4, 0.5) is 11.4 Å². The number of hydrogen-bond donors (Lipinski definition) is 3. The second-order valence-electron chi connectivity index (χ2n) is 5.81.